The summed E-state index contributed by atoms with van der Waals surface area (Å²) in [6.07, 6.45) is 10.6. The van der Waals surface area contributed by atoms with Gasteiger partial charge in [0.25, 0.3) is 0 Å². The first kappa shape index (κ1) is 19.1. The fraction of sp³-hybridized carbons (Fsp3) is 0.214. The van der Waals surface area contributed by atoms with Gasteiger partial charge in [-0.3, -0.25) is 0 Å². The van der Waals surface area contributed by atoms with E-state index in [0.29, 0.717) is 11.1 Å². The summed E-state index contributed by atoms with van der Waals surface area (Å²) in [6.45, 7) is 4.85. The van der Waals surface area contributed by atoms with Crippen molar-refractivity contribution in [3.8, 4) is 5.75 Å². The molecule has 2 aliphatic carbocycles. The fourth-order valence-electron chi connectivity index (χ4n) is 5.49. The van der Waals surface area contributed by atoms with E-state index < -0.39 is 8.07 Å². The maximum Gasteiger partial charge on any atom is 0.122 e. The second-order valence-corrected chi connectivity index (χ2v) is 13.2. The van der Waals surface area contributed by atoms with E-state index in [1.165, 1.54) is 22.3 Å². The molecule has 2 heteroatoms. The van der Waals surface area contributed by atoms with Gasteiger partial charge >= 0.3 is 0 Å². The van der Waals surface area contributed by atoms with Crippen molar-refractivity contribution >= 4 is 20.2 Å². The zero-order valence-electron chi connectivity index (χ0n) is 17.7. The molecule has 0 bridgehead atoms. The van der Waals surface area contributed by atoms with Crippen molar-refractivity contribution < 1.29 is 4.74 Å². The molecule has 0 saturated heterocycles. The molecule has 0 aliphatic heterocycles. The van der Waals surface area contributed by atoms with Gasteiger partial charge in [0, 0.05) is 11.1 Å². The minimum absolute atomic E-state index is 0.210. The first-order valence-corrected chi connectivity index (χ1v) is 13.7. The number of hydrogen-bond acceptors (Lipinski definition) is 1. The lowest BCUT2D eigenvalue weighted by molar-refractivity contribution is 0.260. The summed E-state index contributed by atoms with van der Waals surface area (Å²) in [5, 5.41) is 0. The molecule has 2 aliphatic rings. The Labute approximate surface area is 180 Å². The molecular formula is C28H28OSi. The van der Waals surface area contributed by atoms with Crippen LogP contribution in [0.15, 0.2) is 91.0 Å². The van der Waals surface area contributed by atoms with Gasteiger partial charge in [0.1, 0.15) is 13.8 Å². The maximum absolute atomic E-state index is 6.78. The smallest absolute Gasteiger partial charge is 0.122 e. The summed E-state index contributed by atoms with van der Waals surface area (Å²) in [5.41, 5.74) is 6.75. The fourth-order valence-corrected chi connectivity index (χ4v) is 10.8. The molecule has 3 atom stereocenters. The third kappa shape index (κ3) is 3.07. The average Bonchev–Trinajstić information content (AvgIpc) is 3.43. The Morgan fingerprint density at radius 3 is 1.77 bits per heavy atom. The van der Waals surface area contributed by atoms with Crippen LogP contribution in [0.4, 0.5) is 0 Å². The van der Waals surface area contributed by atoms with E-state index in [-0.39, 0.29) is 5.73 Å². The Kier molecular flexibility index (Phi) is 4.96. The number of para-hydroxylation sites is 1. The second kappa shape index (κ2) is 7.77. The molecule has 150 valence electrons. The monoisotopic (exact) mass is 408 g/mol. The molecule has 0 saturated carbocycles. The van der Waals surface area contributed by atoms with E-state index >= 15 is 0 Å². The van der Waals surface area contributed by atoms with Gasteiger partial charge < -0.3 is 4.74 Å². The summed E-state index contributed by atoms with van der Waals surface area (Å²) < 4.78 is 6.78. The molecule has 0 amide bonds. The second-order valence-electron chi connectivity index (χ2n) is 8.63. The Hall–Kier alpha value is -2.84. The van der Waals surface area contributed by atoms with Gasteiger partial charge in [-0.05, 0) is 40.8 Å². The first-order valence-electron chi connectivity index (χ1n) is 11.0. The molecule has 0 spiro atoms. The van der Waals surface area contributed by atoms with E-state index in [1.807, 2.05) is 0 Å². The van der Waals surface area contributed by atoms with Crippen LogP contribution in [0, 0.1) is 0 Å². The molecule has 3 aromatic rings. The van der Waals surface area contributed by atoms with Crippen molar-refractivity contribution in [3.05, 3.63) is 113 Å². The lowest BCUT2D eigenvalue weighted by Gasteiger charge is -2.44. The van der Waals surface area contributed by atoms with Crippen molar-refractivity contribution in [1.82, 2.24) is 0 Å². The van der Waals surface area contributed by atoms with Crippen LogP contribution in [0.2, 0.25) is 6.55 Å². The van der Waals surface area contributed by atoms with Crippen LogP contribution in [0.25, 0.3) is 12.2 Å². The summed E-state index contributed by atoms with van der Waals surface area (Å²) >= 11 is 0. The van der Waals surface area contributed by atoms with Crippen molar-refractivity contribution in [3.63, 3.8) is 0 Å². The highest BCUT2D eigenvalue weighted by molar-refractivity contribution is 6.83. The third-order valence-corrected chi connectivity index (χ3v) is 12.6. The predicted molar refractivity (Wildman–Crippen MR) is 129 cm³/mol. The van der Waals surface area contributed by atoms with Crippen molar-refractivity contribution in [2.75, 3.05) is 0 Å². The molecule has 30 heavy (non-hydrogen) atoms. The van der Waals surface area contributed by atoms with Crippen molar-refractivity contribution in [2.24, 2.45) is 0 Å². The zero-order valence-corrected chi connectivity index (χ0v) is 18.7. The number of hydrogen-bond donors (Lipinski definition) is 0. The Morgan fingerprint density at radius 1 is 0.733 bits per heavy atom. The van der Waals surface area contributed by atoms with Crippen molar-refractivity contribution in [1.29, 1.82) is 0 Å². The van der Waals surface area contributed by atoms with E-state index in [9.17, 15) is 0 Å². The minimum Gasteiger partial charge on any atom is -0.494 e. The molecule has 5 rings (SSSR count). The van der Waals surface area contributed by atoms with E-state index in [4.69, 9.17) is 4.74 Å². The van der Waals surface area contributed by atoms with Crippen LogP contribution in [0.5, 0.6) is 5.75 Å². The molecule has 1 nitrogen and oxygen atoms in total. The normalized spacial score (nSPS) is 21.7. The summed E-state index contributed by atoms with van der Waals surface area (Å²) in [7, 11) is -2.09. The van der Waals surface area contributed by atoms with Gasteiger partial charge in [0.05, 0.1) is 5.73 Å². The minimum atomic E-state index is -2.09. The summed E-state index contributed by atoms with van der Waals surface area (Å²) in [5.74, 6) is 0.980. The van der Waals surface area contributed by atoms with E-state index in [0.717, 1.165) is 12.2 Å². The quantitative estimate of drug-likeness (QED) is 0.393. The Morgan fingerprint density at radius 2 is 1.23 bits per heavy atom. The molecule has 0 radical (unpaired) electrons. The summed E-state index contributed by atoms with van der Waals surface area (Å²) in [6, 6.07) is 28.2. The average molecular weight is 409 g/mol. The largest absolute Gasteiger partial charge is 0.494 e. The van der Waals surface area contributed by atoms with Crippen LogP contribution in [-0.4, -0.2) is 13.8 Å². The standard InChI is InChI=1S/C28H28OSi/c1-3-28(29-23-13-5-4-6-14-23)30(2,26-19-17-21-11-7-9-15-24(21)26)27-20-18-22-12-8-10-16-25(22)27/h4-20,26-28H,3H2,1-2H3. The third-order valence-electron chi connectivity index (χ3n) is 7.02. The van der Waals surface area contributed by atoms with Gasteiger partial charge in [-0.25, -0.2) is 0 Å². The number of allylic oxidation sites excluding steroid dienone is 2. The molecule has 0 aromatic heterocycles. The number of benzene rings is 3. The maximum atomic E-state index is 6.78. The topological polar surface area (TPSA) is 9.23 Å². The summed E-state index contributed by atoms with van der Waals surface area (Å²) in [4.78, 5) is 0. The van der Waals surface area contributed by atoms with Gasteiger partial charge in [-0.15, -0.1) is 0 Å². The Bertz CT molecular complexity index is 1040. The highest BCUT2D eigenvalue weighted by Crippen LogP contribution is 2.49. The predicted octanol–water partition coefficient (Wildman–Crippen LogP) is 7.16. The van der Waals surface area contributed by atoms with Crippen molar-refractivity contribution in [2.45, 2.75) is 36.7 Å². The van der Waals surface area contributed by atoms with Crippen LogP contribution in [0.1, 0.15) is 46.7 Å². The van der Waals surface area contributed by atoms with Gasteiger partial charge in [0.2, 0.25) is 0 Å². The molecule has 3 unspecified atom stereocenters. The highest BCUT2D eigenvalue weighted by atomic mass is 28.3. The first-order chi connectivity index (χ1) is 14.7. The number of fused-ring (bicyclic) bond motifs is 2. The molecular weight excluding hydrogens is 380 g/mol. The highest BCUT2D eigenvalue weighted by Gasteiger charge is 2.52. The lowest BCUT2D eigenvalue weighted by Crippen LogP contribution is -2.56. The Balaban J connectivity index is 1.63. The van der Waals surface area contributed by atoms with Crippen LogP contribution < -0.4 is 4.74 Å². The molecule has 0 fully saturated rings. The number of rotatable bonds is 6. The van der Waals surface area contributed by atoms with Gasteiger partial charge in [-0.1, -0.05) is 105 Å². The van der Waals surface area contributed by atoms with E-state index in [2.05, 4.69) is 117 Å². The lowest BCUT2D eigenvalue weighted by atomic mass is 10.1. The molecule has 0 heterocycles. The van der Waals surface area contributed by atoms with E-state index in [1.54, 1.807) is 0 Å². The molecule has 3 aromatic carbocycles. The van der Waals surface area contributed by atoms with Crippen LogP contribution in [-0.2, 0) is 0 Å². The van der Waals surface area contributed by atoms with Gasteiger partial charge in [0.15, 0.2) is 0 Å². The van der Waals surface area contributed by atoms with Crippen LogP contribution >= 0.6 is 0 Å². The SMILES string of the molecule is CCC(Oc1ccccc1)[Si](C)(C1C=Cc2ccccc21)C1C=Cc2ccccc21. The zero-order chi connectivity index (χ0) is 20.6. The number of ether oxygens (including phenoxy) is 1. The molecule has 0 N–H and O–H groups in total. The van der Waals surface area contributed by atoms with Crippen LogP contribution in [0.3, 0.4) is 0 Å². The van der Waals surface area contributed by atoms with Gasteiger partial charge in [-0.2, -0.15) is 0 Å².